The Labute approximate surface area is 159 Å². The highest BCUT2D eigenvalue weighted by Crippen LogP contribution is 2.31. The lowest BCUT2D eigenvalue weighted by molar-refractivity contribution is -0.147. The van der Waals surface area contributed by atoms with Gasteiger partial charge in [0.05, 0.1) is 11.8 Å². The molecule has 3 N–H and O–H groups in total. The summed E-state index contributed by atoms with van der Waals surface area (Å²) < 4.78 is 0. The lowest BCUT2D eigenvalue weighted by Gasteiger charge is -2.27. The first kappa shape index (κ1) is 19.4. The minimum atomic E-state index is -0.907. The average Bonchev–Trinajstić information content (AvgIpc) is 2.69. The van der Waals surface area contributed by atoms with E-state index in [1.54, 1.807) is 24.3 Å². The quantitative estimate of drug-likeness (QED) is 0.736. The molecule has 146 valence electrons. The molecule has 2 aliphatic rings. The molecule has 1 aromatic carbocycles. The number of benzene rings is 1. The van der Waals surface area contributed by atoms with Crippen molar-refractivity contribution in [2.45, 2.75) is 63.8 Å². The van der Waals surface area contributed by atoms with Gasteiger partial charge < -0.3 is 15.7 Å². The zero-order valence-electron chi connectivity index (χ0n) is 15.6. The third-order valence-corrected chi connectivity index (χ3v) is 5.75. The van der Waals surface area contributed by atoms with Gasteiger partial charge in [0.1, 0.15) is 0 Å². The lowest BCUT2D eigenvalue weighted by Crippen LogP contribution is -2.36. The molecule has 1 aromatic rings. The van der Waals surface area contributed by atoms with Crippen molar-refractivity contribution in [3.63, 3.8) is 0 Å². The molecule has 6 nitrogen and oxygen atoms in total. The molecule has 6 heteroatoms. The Kier molecular flexibility index (Phi) is 6.48. The highest BCUT2D eigenvalue weighted by molar-refractivity contribution is 5.98. The number of hydrogen-bond acceptors (Lipinski definition) is 3. The number of nitrogens with one attached hydrogen (secondary N) is 2. The third-order valence-electron chi connectivity index (χ3n) is 5.75. The van der Waals surface area contributed by atoms with Crippen LogP contribution in [-0.2, 0) is 9.59 Å². The molecule has 0 aromatic heterocycles. The van der Waals surface area contributed by atoms with E-state index in [1.165, 1.54) is 6.42 Å². The Morgan fingerprint density at radius 3 is 2.26 bits per heavy atom. The van der Waals surface area contributed by atoms with Crippen LogP contribution in [0.3, 0.4) is 0 Å². The maximum absolute atomic E-state index is 12.6. The number of carbonyl (C=O) groups excluding carboxylic acids is 2. The number of aliphatic carboxylic acids is 1. The fraction of sp³-hybridized carbons (Fsp3) is 0.571. The number of carboxylic acid groups (broad SMARTS) is 1. The second kappa shape index (κ2) is 9.02. The molecule has 2 atom stereocenters. The molecule has 0 radical (unpaired) electrons. The number of anilines is 1. The van der Waals surface area contributed by atoms with Crippen molar-refractivity contribution in [3.8, 4) is 0 Å². The van der Waals surface area contributed by atoms with Gasteiger partial charge in [-0.1, -0.05) is 38.2 Å². The Balaban J connectivity index is 1.63. The number of hydrogen-bond donors (Lipinski definition) is 3. The van der Waals surface area contributed by atoms with E-state index in [-0.39, 0.29) is 17.9 Å². The van der Waals surface area contributed by atoms with Crippen LogP contribution < -0.4 is 10.6 Å². The number of carboxylic acids is 1. The maximum atomic E-state index is 12.6. The number of carbonyl (C=O) groups is 3. The molecule has 0 aliphatic heterocycles. The summed E-state index contributed by atoms with van der Waals surface area (Å²) in [7, 11) is 0. The Morgan fingerprint density at radius 1 is 0.889 bits per heavy atom. The van der Waals surface area contributed by atoms with Crippen molar-refractivity contribution in [2.24, 2.45) is 11.8 Å². The normalized spacial score (nSPS) is 23.4. The van der Waals surface area contributed by atoms with Gasteiger partial charge in [-0.3, -0.25) is 14.4 Å². The summed E-state index contributed by atoms with van der Waals surface area (Å²) in [6.07, 6.45) is 8.39. The topological polar surface area (TPSA) is 95.5 Å². The Bertz CT molecular complexity index is 697. The van der Waals surface area contributed by atoms with E-state index in [0.29, 0.717) is 24.1 Å². The Morgan fingerprint density at radius 2 is 1.56 bits per heavy atom. The minimum absolute atomic E-state index is 0.126. The highest BCUT2D eigenvalue weighted by Gasteiger charge is 2.35. The fourth-order valence-electron chi connectivity index (χ4n) is 4.23. The van der Waals surface area contributed by atoms with Crippen LogP contribution >= 0.6 is 0 Å². The molecule has 0 spiro atoms. The Hall–Kier alpha value is -2.37. The predicted octanol–water partition coefficient (Wildman–Crippen LogP) is 3.58. The summed E-state index contributed by atoms with van der Waals surface area (Å²) in [4.78, 5) is 36.5. The zero-order valence-corrected chi connectivity index (χ0v) is 15.6. The van der Waals surface area contributed by atoms with Gasteiger partial charge in [-0.05, 0) is 43.9 Å². The predicted molar refractivity (Wildman–Crippen MR) is 102 cm³/mol. The monoisotopic (exact) mass is 372 g/mol. The zero-order chi connectivity index (χ0) is 19.2. The fourth-order valence-corrected chi connectivity index (χ4v) is 4.23. The van der Waals surface area contributed by atoms with Crippen LogP contribution in [0.15, 0.2) is 24.3 Å². The van der Waals surface area contributed by atoms with Gasteiger partial charge in [0, 0.05) is 17.3 Å². The van der Waals surface area contributed by atoms with E-state index in [0.717, 1.165) is 38.5 Å². The van der Waals surface area contributed by atoms with Crippen LogP contribution in [0, 0.1) is 11.8 Å². The third kappa shape index (κ3) is 5.08. The number of rotatable bonds is 5. The van der Waals surface area contributed by atoms with Gasteiger partial charge in [-0.25, -0.2) is 0 Å². The summed E-state index contributed by atoms with van der Waals surface area (Å²) in [6, 6.07) is 7.08. The smallest absolute Gasteiger partial charge is 0.307 e. The summed E-state index contributed by atoms with van der Waals surface area (Å²) in [5.41, 5.74) is 1.04. The second-order valence-electron chi connectivity index (χ2n) is 7.71. The van der Waals surface area contributed by atoms with Gasteiger partial charge in [0.15, 0.2) is 0 Å². The number of amides is 2. The van der Waals surface area contributed by atoms with E-state index >= 15 is 0 Å². The first-order valence-corrected chi connectivity index (χ1v) is 9.99. The molecule has 2 amide bonds. The van der Waals surface area contributed by atoms with E-state index in [9.17, 15) is 19.5 Å². The first-order valence-electron chi connectivity index (χ1n) is 9.99. The maximum Gasteiger partial charge on any atom is 0.307 e. The summed E-state index contributed by atoms with van der Waals surface area (Å²) >= 11 is 0. The molecule has 0 bridgehead atoms. The van der Waals surface area contributed by atoms with Gasteiger partial charge in [0.25, 0.3) is 5.91 Å². The summed E-state index contributed by atoms with van der Waals surface area (Å²) in [5.74, 6) is -2.45. The molecular weight excluding hydrogens is 344 g/mol. The standard InChI is InChI=1S/C21H28N2O4/c24-19(22-15-8-2-1-3-9-15)14-7-6-10-16(13-14)23-20(25)17-11-4-5-12-18(17)21(26)27/h6-7,10,13,15,17-18H,1-5,8-9,11-12H2,(H,22,24)(H,23,25)(H,26,27). The van der Waals surface area contributed by atoms with E-state index in [1.807, 2.05) is 0 Å². The SMILES string of the molecule is O=C(NC1CCCCC1)c1cccc(NC(=O)C2CCCCC2C(=O)O)c1. The van der Waals surface area contributed by atoms with Crippen molar-refractivity contribution in [1.29, 1.82) is 0 Å². The molecule has 3 rings (SSSR count). The van der Waals surface area contributed by atoms with Crippen molar-refractivity contribution >= 4 is 23.5 Å². The molecule has 27 heavy (non-hydrogen) atoms. The highest BCUT2D eigenvalue weighted by atomic mass is 16.4. The first-order chi connectivity index (χ1) is 13.0. The largest absolute Gasteiger partial charge is 0.481 e. The molecule has 2 aliphatic carbocycles. The van der Waals surface area contributed by atoms with Crippen molar-refractivity contribution in [2.75, 3.05) is 5.32 Å². The van der Waals surface area contributed by atoms with E-state index < -0.39 is 17.8 Å². The van der Waals surface area contributed by atoms with E-state index in [4.69, 9.17) is 0 Å². The van der Waals surface area contributed by atoms with Crippen molar-refractivity contribution < 1.29 is 19.5 Å². The van der Waals surface area contributed by atoms with Crippen LogP contribution in [-0.4, -0.2) is 28.9 Å². The molecule has 0 saturated heterocycles. The molecule has 2 unspecified atom stereocenters. The van der Waals surface area contributed by atoms with Crippen LogP contribution in [0.25, 0.3) is 0 Å². The average molecular weight is 372 g/mol. The van der Waals surface area contributed by atoms with Crippen LogP contribution in [0.2, 0.25) is 0 Å². The molecular formula is C21H28N2O4. The van der Waals surface area contributed by atoms with Crippen LogP contribution in [0.1, 0.15) is 68.1 Å². The molecule has 2 saturated carbocycles. The van der Waals surface area contributed by atoms with Gasteiger partial charge in [-0.2, -0.15) is 0 Å². The van der Waals surface area contributed by atoms with E-state index in [2.05, 4.69) is 10.6 Å². The molecule has 0 heterocycles. The van der Waals surface area contributed by atoms with Crippen LogP contribution in [0.5, 0.6) is 0 Å². The van der Waals surface area contributed by atoms with Crippen LogP contribution in [0.4, 0.5) is 5.69 Å². The summed E-state index contributed by atoms with van der Waals surface area (Å²) in [6.45, 7) is 0. The van der Waals surface area contributed by atoms with Gasteiger partial charge in [-0.15, -0.1) is 0 Å². The van der Waals surface area contributed by atoms with Crippen molar-refractivity contribution in [3.05, 3.63) is 29.8 Å². The van der Waals surface area contributed by atoms with Gasteiger partial charge >= 0.3 is 5.97 Å². The minimum Gasteiger partial charge on any atom is -0.481 e. The second-order valence-corrected chi connectivity index (χ2v) is 7.71. The summed E-state index contributed by atoms with van der Waals surface area (Å²) in [5, 5.41) is 15.2. The van der Waals surface area contributed by atoms with Crippen molar-refractivity contribution in [1.82, 2.24) is 5.32 Å². The van der Waals surface area contributed by atoms with Gasteiger partial charge in [0.2, 0.25) is 5.91 Å². The lowest BCUT2D eigenvalue weighted by atomic mass is 9.78. The molecule has 2 fully saturated rings.